The van der Waals surface area contributed by atoms with E-state index in [9.17, 15) is 18.4 Å². The van der Waals surface area contributed by atoms with Crippen LogP contribution in [-0.2, 0) is 0 Å². The number of anilines is 1. The summed E-state index contributed by atoms with van der Waals surface area (Å²) in [5.74, 6) is -1.20. The van der Waals surface area contributed by atoms with Crippen LogP contribution < -0.4 is 4.90 Å². The van der Waals surface area contributed by atoms with E-state index in [1.165, 1.54) is 11.5 Å². The Balaban J connectivity index is 1.88. The van der Waals surface area contributed by atoms with Crippen molar-refractivity contribution in [2.24, 2.45) is 11.3 Å². The second kappa shape index (κ2) is 4.87. The fraction of sp³-hybridized carbons (Fsp3) is 0.714. The number of piperidine rings is 1. The molecule has 1 saturated heterocycles. The molecule has 0 radical (unpaired) electrons. The smallest absolute Gasteiger partial charge is 0.361 e. The third-order valence-electron chi connectivity index (χ3n) is 4.92. The lowest BCUT2D eigenvalue weighted by atomic mass is 9.58. The van der Waals surface area contributed by atoms with Crippen LogP contribution in [-0.4, -0.2) is 23.6 Å². The van der Waals surface area contributed by atoms with Crippen LogP contribution in [0.3, 0.4) is 0 Å². The molecule has 0 bridgehead atoms. The van der Waals surface area contributed by atoms with Crippen molar-refractivity contribution in [2.45, 2.75) is 38.8 Å². The van der Waals surface area contributed by atoms with Gasteiger partial charge in [-0.05, 0) is 43.1 Å². The van der Waals surface area contributed by atoms with Gasteiger partial charge in [0.25, 0.3) is 0 Å². The first kappa shape index (κ1) is 14.6. The Bertz CT molecular complexity index is 583. The van der Waals surface area contributed by atoms with Crippen molar-refractivity contribution in [1.82, 2.24) is 4.37 Å². The third kappa shape index (κ3) is 2.30. The molecule has 1 aromatic rings. The highest BCUT2D eigenvalue weighted by Gasteiger charge is 2.58. The van der Waals surface area contributed by atoms with E-state index in [0.717, 1.165) is 11.4 Å². The molecule has 1 unspecified atom stereocenters. The minimum absolute atomic E-state index is 0.116. The normalized spacial score (nSPS) is 24.7. The molecule has 3 nitrogen and oxygen atoms in total. The molecule has 1 aromatic heterocycles. The highest BCUT2D eigenvalue weighted by molar-refractivity contribution is 7.10. The maximum atomic E-state index is 13.3. The van der Waals surface area contributed by atoms with Crippen LogP contribution >= 0.6 is 11.5 Å². The van der Waals surface area contributed by atoms with Crippen molar-refractivity contribution in [2.75, 3.05) is 18.0 Å². The van der Waals surface area contributed by atoms with Gasteiger partial charge in [-0.15, -0.1) is 0 Å². The van der Waals surface area contributed by atoms with Gasteiger partial charge in [0.15, 0.2) is 0 Å². The van der Waals surface area contributed by atoms with Crippen molar-refractivity contribution in [1.29, 1.82) is 5.26 Å². The number of nitrogens with zero attached hydrogens (tertiary/aromatic N) is 3. The number of hydrogen-bond donors (Lipinski definition) is 0. The number of aryl methyl sites for hydroxylation is 1. The van der Waals surface area contributed by atoms with Crippen LogP contribution in [0.4, 0.5) is 18.2 Å². The Morgan fingerprint density at radius 1 is 1.43 bits per heavy atom. The lowest BCUT2D eigenvalue weighted by Gasteiger charge is -2.54. The zero-order valence-corrected chi connectivity index (χ0v) is 12.5. The Labute approximate surface area is 125 Å². The molecular formula is C14H16F3N3S. The average molecular weight is 315 g/mol. The van der Waals surface area contributed by atoms with Crippen LogP contribution in [0.15, 0.2) is 0 Å². The summed E-state index contributed by atoms with van der Waals surface area (Å²) in [7, 11) is 0. The molecule has 7 heteroatoms. The summed E-state index contributed by atoms with van der Waals surface area (Å²) in [5, 5.41) is 9.95. The maximum Gasteiger partial charge on any atom is 0.392 e. The molecule has 1 atom stereocenters. The SMILES string of the molecule is Cc1nsc(N2CCC(C(F)(F)F)C3(CCC3)C2)c1C#N. The summed E-state index contributed by atoms with van der Waals surface area (Å²) in [4.78, 5) is 1.95. The Hall–Kier alpha value is -1.29. The minimum Gasteiger partial charge on any atom is -0.361 e. The van der Waals surface area contributed by atoms with Crippen LogP contribution in [0.25, 0.3) is 0 Å². The summed E-state index contributed by atoms with van der Waals surface area (Å²) >= 11 is 1.22. The van der Waals surface area contributed by atoms with E-state index in [4.69, 9.17) is 0 Å². The molecule has 0 amide bonds. The van der Waals surface area contributed by atoms with Gasteiger partial charge in [0.1, 0.15) is 16.6 Å². The van der Waals surface area contributed by atoms with Gasteiger partial charge in [0.2, 0.25) is 0 Å². The van der Waals surface area contributed by atoms with Gasteiger partial charge in [-0.3, -0.25) is 0 Å². The van der Waals surface area contributed by atoms with Crippen molar-refractivity contribution in [3.63, 3.8) is 0 Å². The van der Waals surface area contributed by atoms with Gasteiger partial charge >= 0.3 is 6.18 Å². The lowest BCUT2D eigenvalue weighted by Crippen LogP contribution is -2.56. The quantitative estimate of drug-likeness (QED) is 0.789. The summed E-state index contributed by atoms with van der Waals surface area (Å²) in [6.07, 6.45) is -1.87. The predicted molar refractivity (Wildman–Crippen MR) is 74.2 cm³/mol. The predicted octanol–water partition coefficient (Wildman–Crippen LogP) is 3.88. The largest absolute Gasteiger partial charge is 0.392 e. The molecular weight excluding hydrogens is 299 g/mol. The highest BCUT2D eigenvalue weighted by atomic mass is 32.1. The second-order valence-corrected chi connectivity index (χ2v) is 6.83. The minimum atomic E-state index is -4.12. The van der Waals surface area contributed by atoms with Crippen LogP contribution in [0.1, 0.15) is 36.9 Å². The molecule has 1 saturated carbocycles. The third-order valence-corrected chi connectivity index (χ3v) is 5.92. The van der Waals surface area contributed by atoms with E-state index in [0.29, 0.717) is 37.2 Å². The molecule has 1 aliphatic carbocycles. The number of aromatic nitrogens is 1. The Kier molecular flexibility index (Phi) is 3.40. The number of nitriles is 1. The van der Waals surface area contributed by atoms with Crippen LogP contribution in [0, 0.1) is 29.6 Å². The first-order chi connectivity index (χ1) is 9.87. The molecule has 2 fully saturated rings. The zero-order valence-electron chi connectivity index (χ0n) is 11.7. The molecule has 0 N–H and O–H groups in total. The molecule has 0 aromatic carbocycles. The van der Waals surface area contributed by atoms with Crippen LogP contribution in [0.2, 0.25) is 0 Å². The van der Waals surface area contributed by atoms with Crippen molar-refractivity contribution in [3.8, 4) is 6.07 Å². The maximum absolute atomic E-state index is 13.3. The lowest BCUT2D eigenvalue weighted by molar-refractivity contribution is -0.225. The van der Waals surface area contributed by atoms with E-state index < -0.39 is 17.5 Å². The monoisotopic (exact) mass is 315 g/mol. The van der Waals surface area contributed by atoms with E-state index in [-0.39, 0.29) is 6.42 Å². The summed E-state index contributed by atoms with van der Waals surface area (Å²) in [6.45, 7) is 2.51. The van der Waals surface area contributed by atoms with Crippen molar-refractivity contribution in [3.05, 3.63) is 11.3 Å². The van der Waals surface area contributed by atoms with E-state index in [1.807, 2.05) is 4.90 Å². The Morgan fingerprint density at radius 3 is 2.67 bits per heavy atom. The Morgan fingerprint density at radius 2 is 2.14 bits per heavy atom. The second-order valence-electron chi connectivity index (χ2n) is 6.08. The van der Waals surface area contributed by atoms with E-state index in [2.05, 4.69) is 10.4 Å². The summed E-state index contributed by atoms with van der Waals surface area (Å²) in [6, 6.07) is 2.13. The van der Waals surface area contributed by atoms with Gasteiger partial charge in [-0.2, -0.15) is 22.8 Å². The fourth-order valence-electron chi connectivity index (χ4n) is 3.68. The topological polar surface area (TPSA) is 39.9 Å². The summed E-state index contributed by atoms with van der Waals surface area (Å²) in [5.41, 5.74) is 0.527. The van der Waals surface area contributed by atoms with Gasteiger partial charge in [0.05, 0.1) is 11.6 Å². The molecule has 21 heavy (non-hydrogen) atoms. The number of alkyl halides is 3. The first-order valence-corrected chi connectivity index (χ1v) is 7.83. The molecule has 1 spiro atoms. The average Bonchev–Trinajstić information content (AvgIpc) is 2.76. The van der Waals surface area contributed by atoms with E-state index in [1.54, 1.807) is 6.92 Å². The van der Waals surface area contributed by atoms with Gasteiger partial charge in [-0.1, -0.05) is 6.42 Å². The van der Waals surface area contributed by atoms with Crippen molar-refractivity contribution >= 4 is 16.5 Å². The zero-order chi connectivity index (χ0) is 15.3. The molecule has 3 rings (SSSR count). The standard InChI is InChI=1S/C14H16F3N3S/c1-9-10(7-18)12(21-19-9)20-6-3-11(14(15,16)17)13(8-20)4-2-5-13/h11H,2-6,8H2,1H3. The van der Waals surface area contributed by atoms with Crippen molar-refractivity contribution < 1.29 is 13.2 Å². The van der Waals surface area contributed by atoms with Gasteiger partial charge < -0.3 is 4.90 Å². The fourth-order valence-corrected chi connectivity index (χ4v) is 4.56. The molecule has 1 aliphatic heterocycles. The number of rotatable bonds is 1. The summed E-state index contributed by atoms with van der Waals surface area (Å²) < 4.78 is 43.9. The molecule has 2 aliphatic rings. The highest BCUT2D eigenvalue weighted by Crippen LogP contribution is 2.57. The molecule has 114 valence electrons. The number of halogens is 3. The van der Waals surface area contributed by atoms with Gasteiger partial charge in [0, 0.05) is 13.1 Å². The number of hydrogen-bond acceptors (Lipinski definition) is 4. The van der Waals surface area contributed by atoms with Gasteiger partial charge in [-0.25, -0.2) is 0 Å². The van der Waals surface area contributed by atoms with E-state index >= 15 is 0 Å². The molecule has 2 heterocycles. The first-order valence-electron chi connectivity index (χ1n) is 7.05. The van der Waals surface area contributed by atoms with Crippen LogP contribution in [0.5, 0.6) is 0 Å².